The number of halogens is 1. The van der Waals surface area contributed by atoms with Gasteiger partial charge in [-0.3, -0.25) is 9.00 Å². The second-order valence-corrected chi connectivity index (χ2v) is 6.06. The number of amides is 1. The molecule has 1 aliphatic heterocycles. The van der Waals surface area contributed by atoms with Crippen molar-refractivity contribution in [2.45, 2.75) is 11.0 Å². The summed E-state index contributed by atoms with van der Waals surface area (Å²) in [7, 11) is 0.521. The van der Waals surface area contributed by atoms with Gasteiger partial charge in [-0.15, -0.1) is 0 Å². The lowest BCUT2D eigenvalue weighted by Gasteiger charge is -2.29. The van der Waals surface area contributed by atoms with Crippen molar-refractivity contribution in [3.05, 3.63) is 24.0 Å². The predicted molar refractivity (Wildman–Crippen MR) is 74.6 cm³/mol. The Morgan fingerprint density at radius 3 is 2.90 bits per heavy atom. The third kappa shape index (κ3) is 3.62. The molecule has 1 amide bonds. The fourth-order valence-corrected chi connectivity index (χ4v) is 2.56. The first-order chi connectivity index (χ1) is 9.47. The number of likely N-dealkylation sites (N-methyl/N-ethyl adjacent to an activating group) is 1. The standard InChI is InChI=1S/C13H17FN2O3S/c1-16-5-6-19-11(8-16)13(17)15-9-3-4-12(20(2)18)10(14)7-9/h3-4,7,11H,5-6,8H2,1-2H3,(H,15,17). The largest absolute Gasteiger partial charge is 0.366 e. The van der Waals surface area contributed by atoms with Gasteiger partial charge in [0.25, 0.3) is 5.91 Å². The zero-order valence-electron chi connectivity index (χ0n) is 11.4. The zero-order valence-corrected chi connectivity index (χ0v) is 12.2. The number of benzene rings is 1. The van der Waals surface area contributed by atoms with Gasteiger partial charge in [0.05, 0.1) is 22.3 Å². The highest BCUT2D eigenvalue weighted by Crippen LogP contribution is 2.17. The Kier molecular flexibility index (Phi) is 4.85. The first-order valence-electron chi connectivity index (χ1n) is 6.21. The maximum atomic E-state index is 13.7. The number of nitrogens with zero attached hydrogens (tertiary/aromatic N) is 1. The number of morpholine rings is 1. The van der Waals surface area contributed by atoms with E-state index in [-0.39, 0.29) is 10.8 Å². The lowest BCUT2D eigenvalue weighted by molar-refractivity contribution is -0.132. The van der Waals surface area contributed by atoms with Crippen LogP contribution >= 0.6 is 0 Å². The molecule has 1 N–H and O–H groups in total. The van der Waals surface area contributed by atoms with Crippen LogP contribution in [0.25, 0.3) is 0 Å². The molecule has 2 rings (SSSR count). The summed E-state index contributed by atoms with van der Waals surface area (Å²) in [6, 6.07) is 4.11. The highest BCUT2D eigenvalue weighted by molar-refractivity contribution is 7.84. The summed E-state index contributed by atoms with van der Waals surface area (Å²) in [5.74, 6) is -0.897. The van der Waals surface area contributed by atoms with Gasteiger partial charge >= 0.3 is 0 Å². The van der Waals surface area contributed by atoms with Gasteiger partial charge in [0, 0.05) is 25.0 Å². The van der Waals surface area contributed by atoms with Gasteiger partial charge in [-0.2, -0.15) is 0 Å². The van der Waals surface area contributed by atoms with Crippen molar-refractivity contribution in [2.24, 2.45) is 0 Å². The van der Waals surface area contributed by atoms with Crippen LogP contribution in [0.15, 0.2) is 23.1 Å². The summed E-state index contributed by atoms with van der Waals surface area (Å²) in [5, 5.41) is 2.61. The summed E-state index contributed by atoms with van der Waals surface area (Å²) < 4.78 is 30.3. The average molecular weight is 300 g/mol. The molecule has 0 saturated carbocycles. The summed E-state index contributed by atoms with van der Waals surface area (Å²) in [4.78, 5) is 14.1. The number of nitrogens with one attached hydrogen (secondary N) is 1. The molecule has 2 atom stereocenters. The minimum Gasteiger partial charge on any atom is -0.366 e. The number of rotatable bonds is 3. The van der Waals surface area contributed by atoms with Crippen molar-refractivity contribution < 1.29 is 18.1 Å². The molecule has 0 spiro atoms. The minimum atomic E-state index is -1.39. The van der Waals surface area contributed by atoms with Crippen LogP contribution in [0.4, 0.5) is 10.1 Å². The third-order valence-electron chi connectivity index (χ3n) is 3.07. The molecule has 5 nitrogen and oxygen atoms in total. The van der Waals surface area contributed by atoms with E-state index in [0.717, 1.165) is 6.54 Å². The van der Waals surface area contributed by atoms with E-state index in [0.29, 0.717) is 18.8 Å². The van der Waals surface area contributed by atoms with Crippen LogP contribution < -0.4 is 5.32 Å². The first kappa shape index (κ1) is 15.1. The molecule has 2 unspecified atom stereocenters. The van der Waals surface area contributed by atoms with Gasteiger partial charge in [0.1, 0.15) is 11.9 Å². The summed E-state index contributed by atoms with van der Waals surface area (Å²) in [6.45, 7) is 1.79. The number of anilines is 1. The van der Waals surface area contributed by atoms with Crippen LogP contribution in [0.5, 0.6) is 0 Å². The van der Waals surface area contributed by atoms with Crippen LogP contribution in [0.3, 0.4) is 0 Å². The number of carbonyl (C=O) groups excluding carboxylic acids is 1. The van der Waals surface area contributed by atoms with Crippen molar-refractivity contribution in [2.75, 3.05) is 38.3 Å². The third-order valence-corrected chi connectivity index (χ3v) is 4.02. The Morgan fingerprint density at radius 1 is 1.55 bits per heavy atom. The Bertz CT molecular complexity index is 538. The molecule has 1 heterocycles. The molecular weight excluding hydrogens is 283 g/mol. The monoisotopic (exact) mass is 300 g/mol. The van der Waals surface area contributed by atoms with Crippen LogP contribution in [0.1, 0.15) is 0 Å². The number of hydrogen-bond acceptors (Lipinski definition) is 4. The molecule has 0 aliphatic carbocycles. The fourth-order valence-electron chi connectivity index (χ4n) is 1.97. The van der Waals surface area contributed by atoms with Crippen LogP contribution in [0, 0.1) is 5.82 Å². The smallest absolute Gasteiger partial charge is 0.254 e. The fraction of sp³-hybridized carbons (Fsp3) is 0.462. The molecule has 0 aromatic heterocycles. The Balaban J connectivity index is 2.04. The molecular formula is C13H17FN2O3S. The highest BCUT2D eigenvalue weighted by Gasteiger charge is 2.25. The number of hydrogen-bond donors (Lipinski definition) is 1. The molecule has 110 valence electrons. The lowest BCUT2D eigenvalue weighted by atomic mass is 10.2. The minimum absolute atomic E-state index is 0.122. The quantitative estimate of drug-likeness (QED) is 0.898. The Hall–Kier alpha value is -1.31. The van der Waals surface area contributed by atoms with Crippen LogP contribution in [0.2, 0.25) is 0 Å². The van der Waals surface area contributed by atoms with Crippen molar-refractivity contribution >= 4 is 22.4 Å². The van der Waals surface area contributed by atoms with Crippen molar-refractivity contribution in [1.29, 1.82) is 0 Å². The van der Waals surface area contributed by atoms with E-state index in [9.17, 15) is 13.4 Å². The molecule has 1 fully saturated rings. The van der Waals surface area contributed by atoms with Gasteiger partial charge < -0.3 is 15.0 Å². The maximum absolute atomic E-state index is 13.7. The summed E-state index contributed by atoms with van der Waals surface area (Å²) in [6.07, 6.45) is 0.847. The number of ether oxygens (including phenoxy) is 1. The van der Waals surface area contributed by atoms with Gasteiger partial charge in [0.2, 0.25) is 0 Å². The second-order valence-electron chi connectivity index (χ2n) is 4.71. The van der Waals surface area contributed by atoms with E-state index in [2.05, 4.69) is 5.32 Å². The molecule has 20 heavy (non-hydrogen) atoms. The van der Waals surface area contributed by atoms with E-state index in [4.69, 9.17) is 4.74 Å². The van der Waals surface area contributed by atoms with Gasteiger partial charge in [-0.05, 0) is 25.2 Å². The first-order valence-corrected chi connectivity index (χ1v) is 7.77. The van der Waals surface area contributed by atoms with E-state index in [1.807, 2.05) is 11.9 Å². The second kappa shape index (κ2) is 6.43. The van der Waals surface area contributed by atoms with E-state index >= 15 is 0 Å². The van der Waals surface area contributed by atoms with Gasteiger partial charge in [-0.25, -0.2) is 4.39 Å². The highest BCUT2D eigenvalue weighted by atomic mass is 32.2. The lowest BCUT2D eigenvalue weighted by Crippen LogP contribution is -2.46. The molecule has 0 radical (unpaired) electrons. The van der Waals surface area contributed by atoms with Crippen LogP contribution in [-0.2, 0) is 20.3 Å². The van der Waals surface area contributed by atoms with Crippen molar-refractivity contribution in [1.82, 2.24) is 4.90 Å². The topological polar surface area (TPSA) is 58.6 Å². The van der Waals surface area contributed by atoms with Gasteiger partial charge in [-0.1, -0.05) is 0 Å². The predicted octanol–water partition coefficient (Wildman–Crippen LogP) is 0.832. The summed E-state index contributed by atoms with van der Waals surface area (Å²) in [5.41, 5.74) is 0.332. The van der Waals surface area contributed by atoms with Gasteiger partial charge in [0.15, 0.2) is 0 Å². The number of carbonyl (C=O) groups is 1. The molecule has 0 bridgehead atoms. The maximum Gasteiger partial charge on any atom is 0.254 e. The average Bonchev–Trinajstić information content (AvgIpc) is 2.38. The van der Waals surface area contributed by atoms with E-state index < -0.39 is 22.7 Å². The normalized spacial score (nSPS) is 21.4. The SMILES string of the molecule is CN1CCOC(C(=O)Nc2ccc(S(C)=O)c(F)c2)C1. The molecule has 1 aromatic carbocycles. The Morgan fingerprint density at radius 2 is 2.30 bits per heavy atom. The van der Waals surface area contributed by atoms with E-state index in [1.165, 1.54) is 24.5 Å². The van der Waals surface area contributed by atoms with E-state index in [1.54, 1.807) is 0 Å². The zero-order chi connectivity index (χ0) is 14.7. The van der Waals surface area contributed by atoms with Crippen molar-refractivity contribution in [3.63, 3.8) is 0 Å². The Labute approximate surface area is 119 Å². The van der Waals surface area contributed by atoms with Crippen molar-refractivity contribution in [3.8, 4) is 0 Å². The molecule has 1 aromatic rings. The molecule has 1 saturated heterocycles. The summed E-state index contributed by atoms with van der Waals surface area (Å²) >= 11 is 0. The molecule has 7 heteroatoms. The van der Waals surface area contributed by atoms with Crippen LogP contribution in [-0.4, -0.2) is 54.1 Å². The molecule has 1 aliphatic rings.